The summed E-state index contributed by atoms with van der Waals surface area (Å²) in [5.74, 6) is -0.536. The van der Waals surface area contributed by atoms with Crippen molar-refractivity contribution in [1.82, 2.24) is 0 Å². The number of para-hydroxylation sites is 1. The van der Waals surface area contributed by atoms with E-state index in [1.165, 1.54) is 6.07 Å². The van der Waals surface area contributed by atoms with Crippen molar-refractivity contribution in [3.05, 3.63) is 23.8 Å². The van der Waals surface area contributed by atoms with Gasteiger partial charge < -0.3 is 19.4 Å². The lowest BCUT2D eigenvalue weighted by atomic mass is 10.2. The van der Waals surface area contributed by atoms with Gasteiger partial charge in [-0.25, -0.2) is 0 Å². The molecule has 0 saturated heterocycles. The largest absolute Gasteiger partial charge is 0.545 e. The standard InChI is InChI=1S/C8H6O4/c9-8(10)5-2-1-3-6-7(5)12-4-11-6/h1-3H,4H2,(H,9,10)/p-1. The Labute approximate surface area is 68.3 Å². The van der Waals surface area contributed by atoms with Crippen LogP contribution in [-0.4, -0.2) is 12.8 Å². The van der Waals surface area contributed by atoms with Crippen LogP contribution in [0.5, 0.6) is 11.5 Å². The zero-order valence-corrected chi connectivity index (χ0v) is 6.07. The van der Waals surface area contributed by atoms with Crippen molar-refractivity contribution < 1.29 is 19.4 Å². The fourth-order valence-corrected chi connectivity index (χ4v) is 1.09. The smallest absolute Gasteiger partial charge is 0.231 e. The highest BCUT2D eigenvalue weighted by Gasteiger charge is 2.17. The average molecular weight is 165 g/mol. The number of carbonyl (C=O) groups is 1. The number of rotatable bonds is 1. The van der Waals surface area contributed by atoms with E-state index in [0.717, 1.165) is 0 Å². The summed E-state index contributed by atoms with van der Waals surface area (Å²) in [6.07, 6.45) is 0. The van der Waals surface area contributed by atoms with Crippen LogP contribution >= 0.6 is 0 Å². The molecule has 0 N–H and O–H groups in total. The summed E-state index contributed by atoms with van der Waals surface area (Å²) >= 11 is 0. The van der Waals surface area contributed by atoms with Gasteiger partial charge in [0.2, 0.25) is 6.79 Å². The van der Waals surface area contributed by atoms with Gasteiger partial charge in [-0.05, 0) is 12.1 Å². The number of ether oxygens (including phenoxy) is 2. The Morgan fingerprint density at radius 1 is 1.42 bits per heavy atom. The van der Waals surface area contributed by atoms with E-state index in [1.807, 2.05) is 0 Å². The molecular weight excluding hydrogens is 160 g/mol. The lowest BCUT2D eigenvalue weighted by Gasteiger charge is -2.04. The first kappa shape index (κ1) is 6.97. The van der Waals surface area contributed by atoms with Gasteiger partial charge in [0.25, 0.3) is 0 Å². The summed E-state index contributed by atoms with van der Waals surface area (Å²) in [5.41, 5.74) is 0.0324. The van der Waals surface area contributed by atoms with E-state index in [4.69, 9.17) is 9.47 Å². The van der Waals surface area contributed by atoms with Gasteiger partial charge in [-0.15, -0.1) is 0 Å². The van der Waals surface area contributed by atoms with E-state index in [9.17, 15) is 9.90 Å². The third kappa shape index (κ3) is 0.887. The summed E-state index contributed by atoms with van der Waals surface area (Å²) in [7, 11) is 0. The van der Waals surface area contributed by atoms with E-state index in [2.05, 4.69) is 0 Å². The van der Waals surface area contributed by atoms with Crippen molar-refractivity contribution in [2.75, 3.05) is 6.79 Å². The van der Waals surface area contributed by atoms with E-state index >= 15 is 0 Å². The van der Waals surface area contributed by atoms with E-state index in [1.54, 1.807) is 12.1 Å². The molecule has 0 amide bonds. The first-order valence-corrected chi connectivity index (χ1v) is 3.39. The second kappa shape index (κ2) is 2.41. The summed E-state index contributed by atoms with van der Waals surface area (Å²) < 4.78 is 9.92. The number of carboxylic acids is 1. The van der Waals surface area contributed by atoms with Crippen molar-refractivity contribution >= 4 is 5.97 Å². The molecular formula is C8H5O4-. The average Bonchev–Trinajstić information content (AvgIpc) is 2.49. The molecule has 1 aliphatic rings. The zero-order valence-electron chi connectivity index (χ0n) is 6.07. The van der Waals surface area contributed by atoms with E-state index in [-0.39, 0.29) is 18.1 Å². The Balaban J connectivity index is 2.56. The Morgan fingerprint density at radius 3 is 3.00 bits per heavy atom. The number of benzene rings is 1. The molecule has 1 aromatic carbocycles. The Kier molecular flexibility index (Phi) is 1.40. The number of fused-ring (bicyclic) bond motifs is 1. The van der Waals surface area contributed by atoms with Gasteiger partial charge in [0.1, 0.15) is 0 Å². The van der Waals surface area contributed by atoms with Crippen LogP contribution in [0.2, 0.25) is 0 Å². The highest BCUT2D eigenvalue weighted by molar-refractivity contribution is 5.90. The number of carboxylic acid groups (broad SMARTS) is 1. The molecule has 0 fully saturated rings. The third-order valence-electron chi connectivity index (χ3n) is 1.62. The van der Waals surface area contributed by atoms with Crippen LogP contribution < -0.4 is 14.6 Å². The molecule has 1 aliphatic heterocycles. The molecule has 0 unspecified atom stereocenters. The molecule has 62 valence electrons. The number of hydrogen-bond acceptors (Lipinski definition) is 4. The molecule has 1 heterocycles. The van der Waals surface area contributed by atoms with Gasteiger partial charge in [-0.2, -0.15) is 0 Å². The second-order valence-electron chi connectivity index (χ2n) is 2.33. The van der Waals surface area contributed by atoms with Gasteiger partial charge in [0.15, 0.2) is 11.5 Å². The van der Waals surface area contributed by atoms with Crippen LogP contribution in [0.15, 0.2) is 18.2 Å². The van der Waals surface area contributed by atoms with Gasteiger partial charge in [0, 0.05) is 5.56 Å². The maximum atomic E-state index is 10.5. The van der Waals surface area contributed by atoms with Crippen LogP contribution in [0, 0.1) is 0 Å². The molecule has 0 spiro atoms. The zero-order chi connectivity index (χ0) is 8.55. The van der Waals surface area contributed by atoms with Gasteiger partial charge in [0.05, 0.1) is 5.97 Å². The minimum Gasteiger partial charge on any atom is -0.545 e. The normalized spacial score (nSPS) is 13.0. The summed E-state index contributed by atoms with van der Waals surface area (Å²) in [4.78, 5) is 10.5. The molecule has 4 nitrogen and oxygen atoms in total. The van der Waals surface area contributed by atoms with Gasteiger partial charge in [-0.3, -0.25) is 0 Å². The summed E-state index contributed by atoms with van der Waals surface area (Å²) in [6, 6.07) is 4.65. The van der Waals surface area contributed by atoms with Crippen molar-refractivity contribution in [3.63, 3.8) is 0 Å². The maximum absolute atomic E-state index is 10.5. The Morgan fingerprint density at radius 2 is 2.25 bits per heavy atom. The first-order chi connectivity index (χ1) is 5.79. The van der Waals surface area contributed by atoms with Crippen LogP contribution in [0.1, 0.15) is 10.4 Å². The van der Waals surface area contributed by atoms with Crippen LogP contribution in [-0.2, 0) is 0 Å². The molecule has 0 aromatic heterocycles. The van der Waals surface area contributed by atoms with Crippen LogP contribution in [0.4, 0.5) is 0 Å². The monoisotopic (exact) mass is 165 g/mol. The predicted octanol–water partition coefficient (Wildman–Crippen LogP) is -0.221. The number of hydrogen-bond donors (Lipinski definition) is 0. The molecule has 12 heavy (non-hydrogen) atoms. The van der Waals surface area contributed by atoms with E-state index < -0.39 is 5.97 Å². The van der Waals surface area contributed by atoms with Crippen molar-refractivity contribution in [2.24, 2.45) is 0 Å². The van der Waals surface area contributed by atoms with E-state index in [0.29, 0.717) is 5.75 Å². The molecule has 1 aromatic rings. The maximum Gasteiger partial charge on any atom is 0.231 e. The highest BCUT2D eigenvalue weighted by Crippen LogP contribution is 2.34. The molecule has 0 bridgehead atoms. The topological polar surface area (TPSA) is 58.6 Å². The Hall–Kier alpha value is -1.71. The second-order valence-corrected chi connectivity index (χ2v) is 2.33. The predicted molar refractivity (Wildman–Crippen MR) is 36.9 cm³/mol. The number of carbonyl (C=O) groups excluding carboxylic acids is 1. The first-order valence-electron chi connectivity index (χ1n) is 3.39. The Bertz CT molecular complexity index is 332. The van der Waals surface area contributed by atoms with Gasteiger partial charge >= 0.3 is 0 Å². The summed E-state index contributed by atoms with van der Waals surface area (Å²) in [6.45, 7) is 0.0691. The quantitative estimate of drug-likeness (QED) is 0.577. The van der Waals surface area contributed by atoms with Gasteiger partial charge in [-0.1, -0.05) is 6.07 Å². The lowest BCUT2D eigenvalue weighted by Crippen LogP contribution is -2.22. The minimum absolute atomic E-state index is 0.0324. The molecule has 0 saturated carbocycles. The molecule has 4 heteroatoms. The molecule has 0 atom stereocenters. The molecule has 2 rings (SSSR count). The molecule has 0 aliphatic carbocycles. The fraction of sp³-hybridized carbons (Fsp3) is 0.125. The van der Waals surface area contributed by atoms with Crippen molar-refractivity contribution in [3.8, 4) is 11.5 Å². The number of aromatic carboxylic acids is 1. The van der Waals surface area contributed by atoms with Crippen molar-refractivity contribution in [1.29, 1.82) is 0 Å². The fourth-order valence-electron chi connectivity index (χ4n) is 1.09. The van der Waals surface area contributed by atoms with Crippen LogP contribution in [0.3, 0.4) is 0 Å². The van der Waals surface area contributed by atoms with Crippen molar-refractivity contribution in [2.45, 2.75) is 0 Å². The third-order valence-corrected chi connectivity index (χ3v) is 1.62. The lowest BCUT2D eigenvalue weighted by molar-refractivity contribution is -0.255. The minimum atomic E-state index is -1.25. The molecule has 0 radical (unpaired) electrons. The summed E-state index contributed by atoms with van der Waals surface area (Å²) in [5, 5.41) is 10.5. The SMILES string of the molecule is O=C([O-])c1cccc2c1OCO2. The highest BCUT2D eigenvalue weighted by atomic mass is 16.7. The van der Waals surface area contributed by atoms with Crippen LogP contribution in [0.25, 0.3) is 0 Å².